The van der Waals surface area contributed by atoms with Crippen LogP contribution in [0.5, 0.6) is 5.75 Å². The maximum atomic E-state index is 12.6. The Kier molecular flexibility index (Phi) is 3.60. The highest BCUT2D eigenvalue weighted by Crippen LogP contribution is 2.28. The van der Waals surface area contributed by atoms with Crippen LogP contribution in [0.3, 0.4) is 0 Å². The minimum absolute atomic E-state index is 0.0455. The van der Waals surface area contributed by atoms with Gasteiger partial charge in [-0.15, -0.1) is 0 Å². The average Bonchev–Trinajstić information content (AvgIpc) is 2.32. The molecule has 0 saturated carbocycles. The van der Waals surface area contributed by atoms with Crippen molar-refractivity contribution in [1.29, 1.82) is 0 Å². The highest BCUT2D eigenvalue weighted by Gasteiger charge is 2.30. The van der Waals surface area contributed by atoms with Crippen molar-refractivity contribution >= 4 is 5.91 Å². The predicted molar refractivity (Wildman–Crippen MR) is 71.8 cm³/mol. The van der Waals surface area contributed by atoms with Crippen LogP contribution >= 0.6 is 0 Å². The lowest BCUT2D eigenvalue weighted by molar-refractivity contribution is 0.0507. The zero-order chi connectivity index (χ0) is 13.3. The molecule has 1 aromatic carbocycles. The number of likely N-dealkylation sites (tertiary alicyclic amines) is 1. The van der Waals surface area contributed by atoms with Crippen LogP contribution in [0, 0.1) is 6.92 Å². The lowest BCUT2D eigenvalue weighted by Crippen LogP contribution is -2.47. The molecule has 1 amide bonds. The summed E-state index contributed by atoms with van der Waals surface area (Å²) in [6.07, 6.45) is 3.26. The Balaban J connectivity index is 2.32. The molecule has 98 valence electrons. The summed E-state index contributed by atoms with van der Waals surface area (Å²) in [6, 6.07) is 5.84. The smallest absolute Gasteiger partial charge is 0.258 e. The van der Waals surface area contributed by atoms with E-state index in [1.807, 2.05) is 24.0 Å². The third-order valence-electron chi connectivity index (χ3n) is 3.90. The molecule has 1 fully saturated rings. The molecular weight excluding hydrogens is 226 g/mol. The normalized spacial score (nSPS) is 24.1. The van der Waals surface area contributed by atoms with Gasteiger partial charge in [-0.2, -0.15) is 0 Å². The van der Waals surface area contributed by atoms with E-state index in [1.165, 1.54) is 6.42 Å². The Morgan fingerprint density at radius 1 is 1.28 bits per heavy atom. The van der Waals surface area contributed by atoms with Crippen molar-refractivity contribution in [2.24, 2.45) is 0 Å². The number of carbonyl (C=O) groups is 1. The first-order valence-corrected chi connectivity index (χ1v) is 6.63. The number of para-hydroxylation sites is 1. The summed E-state index contributed by atoms with van der Waals surface area (Å²) in [5.41, 5.74) is 1.17. The minimum atomic E-state index is -0.0455. The highest BCUT2D eigenvalue weighted by atomic mass is 16.3. The van der Waals surface area contributed by atoms with Crippen molar-refractivity contribution in [2.75, 3.05) is 0 Å². The summed E-state index contributed by atoms with van der Waals surface area (Å²) in [5.74, 6) is 0.0726. The minimum Gasteiger partial charge on any atom is -0.507 e. The molecule has 0 unspecified atom stereocenters. The number of phenols is 1. The molecule has 1 heterocycles. The molecule has 0 aliphatic carbocycles. The van der Waals surface area contributed by atoms with E-state index >= 15 is 0 Å². The maximum Gasteiger partial charge on any atom is 0.258 e. The second-order valence-corrected chi connectivity index (χ2v) is 5.31. The van der Waals surface area contributed by atoms with Crippen LogP contribution in [-0.4, -0.2) is 28.0 Å². The van der Waals surface area contributed by atoms with Crippen molar-refractivity contribution in [3.63, 3.8) is 0 Å². The lowest BCUT2D eigenvalue weighted by Gasteiger charge is -2.39. The SMILES string of the molecule is Cc1cccc(C(=O)N2[C@H](C)CCC[C@@H]2C)c1O. The van der Waals surface area contributed by atoms with E-state index in [9.17, 15) is 9.90 Å². The molecule has 0 aromatic heterocycles. The third kappa shape index (κ3) is 2.22. The first-order valence-electron chi connectivity index (χ1n) is 6.63. The Labute approximate surface area is 108 Å². The Morgan fingerprint density at radius 3 is 2.50 bits per heavy atom. The Hall–Kier alpha value is -1.51. The zero-order valence-corrected chi connectivity index (χ0v) is 11.3. The van der Waals surface area contributed by atoms with Crippen LogP contribution < -0.4 is 0 Å². The summed E-state index contributed by atoms with van der Waals surface area (Å²) in [4.78, 5) is 14.5. The number of piperidine rings is 1. The number of amides is 1. The van der Waals surface area contributed by atoms with Gasteiger partial charge in [0.15, 0.2) is 0 Å². The molecule has 3 heteroatoms. The summed E-state index contributed by atoms with van der Waals surface area (Å²) < 4.78 is 0. The lowest BCUT2D eigenvalue weighted by atomic mass is 9.96. The molecular formula is C15H21NO2. The molecule has 18 heavy (non-hydrogen) atoms. The van der Waals surface area contributed by atoms with Crippen LogP contribution in [0.15, 0.2) is 18.2 Å². The maximum absolute atomic E-state index is 12.6. The average molecular weight is 247 g/mol. The topological polar surface area (TPSA) is 40.5 Å². The largest absolute Gasteiger partial charge is 0.507 e. The van der Waals surface area contributed by atoms with Gasteiger partial charge >= 0.3 is 0 Å². The predicted octanol–water partition coefficient (Wildman–Crippen LogP) is 3.10. The summed E-state index contributed by atoms with van der Waals surface area (Å²) in [7, 11) is 0. The first kappa shape index (κ1) is 12.9. The first-order chi connectivity index (χ1) is 8.52. The second kappa shape index (κ2) is 5.01. The number of aryl methyl sites for hydroxylation is 1. The molecule has 2 rings (SSSR count). The van der Waals surface area contributed by atoms with Gasteiger partial charge in [-0.05, 0) is 51.7 Å². The van der Waals surface area contributed by atoms with Crippen LogP contribution in [-0.2, 0) is 0 Å². The van der Waals surface area contributed by atoms with Crippen molar-refractivity contribution in [3.05, 3.63) is 29.3 Å². The van der Waals surface area contributed by atoms with Gasteiger partial charge in [0.2, 0.25) is 0 Å². The van der Waals surface area contributed by atoms with Gasteiger partial charge in [-0.1, -0.05) is 12.1 Å². The van der Waals surface area contributed by atoms with Crippen LogP contribution in [0.25, 0.3) is 0 Å². The molecule has 0 bridgehead atoms. The van der Waals surface area contributed by atoms with E-state index in [4.69, 9.17) is 0 Å². The number of nitrogens with zero attached hydrogens (tertiary/aromatic N) is 1. The number of rotatable bonds is 1. The van der Waals surface area contributed by atoms with Gasteiger partial charge in [0.05, 0.1) is 5.56 Å². The van der Waals surface area contributed by atoms with Gasteiger partial charge in [0.25, 0.3) is 5.91 Å². The van der Waals surface area contributed by atoms with Gasteiger partial charge in [0.1, 0.15) is 5.75 Å². The highest BCUT2D eigenvalue weighted by molar-refractivity contribution is 5.97. The van der Waals surface area contributed by atoms with E-state index < -0.39 is 0 Å². The monoisotopic (exact) mass is 247 g/mol. The molecule has 1 aliphatic rings. The summed E-state index contributed by atoms with van der Waals surface area (Å²) >= 11 is 0. The van der Waals surface area contributed by atoms with Crippen molar-refractivity contribution < 1.29 is 9.90 Å². The third-order valence-corrected chi connectivity index (χ3v) is 3.90. The van der Waals surface area contributed by atoms with Crippen LogP contribution in [0.4, 0.5) is 0 Å². The summed E-state index contributed by atoms with van der Waals surface area (Å²) in [5, 5.41) is 10.0. The van der Waals surface area contributed by atoms with Gasteiger partial charge in [-0.25, -0.2) is 0 Å². The number of hydrogen-bond acceptors (Lipinski definition) is 2. The number of aromatic hydroxyl groups is 1. The van der Waals surface area contributed by atoms with E-state index in [-0.39, 0.29) is 23.7 Å². The molecule has 1 aliphatic heterocycles. The standard InChI is InChI=1S/C15H21NO2/c1-10-6-4-9-13(14(10)17)15(18)16-11(2)7-5-8-12(16)3/h4,6,9,11-12,17H,5,7-8H2,1-3H3/t11-,12+. The molecule has 0 radical (unpaired) electrons. The van der Waals surface area contributed by atoms with Crippen molar-refractivity contribution in [2.45, 2.75) is 52.1 Å². The van der Waals surface area contributed by atoms with Crippen LogP contribution in [0.2, 0.25) is 0 Å². The fourth-order valence-corrected chi connectivity index (χ4v) is 2.79. The Bertz CT molecular complexity index is 446. The summed E-state index contributed by atoms with van der Waals surface area (Å²) in [6.45, 7) is 5.98. The molecule has 2 atom stereocenters. The Morgan fingerprint density at radius 2 is 1.89 bits per heavy atom. The number of phenolic OH excluding ortho intramolecular Hbond substituents is 1. The fraction of sp³-hybridized carbons (Fsp3) is 0.533. The molecule has 1 aromatic rings. The molecule has 0 spiro atoms. The number of benzene rings is 1. The quantitative estimate of drug-likeness (QED) is 0.828. The second-order valence-electron chi connectivity index (χ2n) is 5.31. The van der Waals surface area contributed by atoms with Gasteiger partial charge < -0.3 is 10.0 Å². The molecule has 1 saturated heterocycles. The van der Waals surface area contributed by atoms with Gasteiger partial charge in [-0.3, -0.25) is 4.79 Å². The van der Waals surface area contributed by atoms with Crippen molar-refractivity contribution in [1.82, 2.24) is 4.90 Å². The van der Waals surface area contributed by atoms with E-state index in [0.717, 1.165) is 18.4 Å². The fourth-order valence-electron chi connectivity index (χ4n) is 2.79. The number of hydrogen-bond donors (Lipinski definition) is 1. The van der Waals surface area contributed by atoms with Gasteiger partial charge in [0, 0.05) is 12.1 Å². The van der Waals surface area contributed by atoms with E-state index in [0.29, 0.717) is 5.56 Å². The van der Waals surface area contributed by atoms with E-state index in [2.05, 4.69) is 13.8 Å². The molecule has 1 N–H and O–H groups in total. The zero-order valence-electron chi connectivity index (χ0n) is 11.3. The molecule has 3 nitrogen and oxygen atoms in total. The van der Waals surface area contributed by atoms with Crippen molar-refractivity contribution in [3.8, 4) is 5.75 Å². The van der Waals surface area contributed by atoms with E-state index in [1.54, 1.807) is 6.07 Å². The number of carbonyl (C=O) groups excluding carboxylic acids is 1. The van der Waals surface area contributed by atoms with Crippen LogP contribution in [0.1, 0.15) is 49.0 Å².